The van der Waals surface area contributed by atoms with Gasteiger partial charge in [-0.15, -0.1) is 0 Å². The van der Waals surface area contributed by atoms with Crippen LogP contribution in [0.15, 0.2) is 24.3 Å². The highest BCUT2D eigenvalue weighted by molar-refractivity contribution is 5.75. The van der Waals surface area contributed by atoms with Gasteiger partial charge in [0.05, 0.1) is 20.1 Å². The van der Waals surface area contributed by atoms with Crippen LogP contribution in [0.1, 0.15) is 30.1 Å². The van der Waals surface area contributed by atoms with Gasteiger partial charge in [0.15, 0.2) is 5.82 Å². The molecule has 1 unspecified atom stereocenters. The number of hydrogen-bond acceptors (Lipinski definition) is 5. The Morgan fingerprint density at radius 1 is 1.40 bits per heavy atom. The lowest BCUT2D eigenvalue weighted by Crippen LogP contribution is -2.21. The maximum atomic E-state index is 11.2. The SMILES string of the molecule is COc1ccc(Cn2nc(CC(N)=O)nc2CC2CCCOC2)cc1. The minimum Gasteiger partial charge on any atom is -0.497 e. The molecule has 134 valence electrons. The number of primary amides is 1. The van der Waals surface area contributed by atoms with Crippen LogP contribution < -0.4 is 10.5 Å². The molecule has 0 radical (unpaired) electrons. The molecular formula is C18H24N4O3. The van der Waals surface area contributed by atoms with E-state index in [1.165, 1.54) is 0 Å². The van der Waals surface area contributed by atoms with Crippen LogP contribution in [0.5, 0.6) is 5.75 Å². The molecule has 7 nitrogen and oxygen atoms in total. The summed E-state index contributed by atoms with van der Waals surface area (Å²) in [4.78, 5) is 15.8. The van der Waals surface area contributed by atoms with E-state index < -0.39 is 5.91 Å². The Morgan fingerprint density at radius 2 is 2.20 bits per heavy atom. The summed E-state index contributed by atoms with van der Waals surface area (Å²) < 4.78 is 12.6. The molecule has 1 aliphatic rings. The van der Waals surface area contributed by atoms with Crippen molar-refractivity contribution in [1.82, 2.24) is 14.8 Å². The molecule has 1 aromatic carbocycles. The summed E-state index contributed by atoms with van der Waals surface area (Å²) in [7, 11) is 1.65. The Kier molecular flexibility index (Phi) is 5.65. The molecule has 7 heteroatoms. The third kappa shape index (κ3) is 4.79. The fourth-order valence-electron chi connectivity index (χ4n) is 3.06. The van der Waals surface area contributed by atoms with Gasteiger partial charge in [0.25, 0.3) is 0 Å². The first kappa shape index (κ1) is 17.4. The van der Waals surface area contributed by atoms with E-state index in [1.807, 2.05) is 28.9 Å². The monoisotopic (exact) mass is 344 g/mol. The summed E-state index contributed by atoms with van der Waals surface area (Å²) in [5.74, 6) is 2.19. The summed E-state index contributed by atoms with van der Waals surface area (Å²) in [6.45, 7) is 2.18. The molecule has 1 aliphatic heterocycles. The van der Waals surface area contributed by atoms with E-state index in [0.29, 0.717) is 18.3 Å². The van der Waals surface area contributed by atoms with Gasteiger partial charge in [-0.3, -0.25) is 4.79 Å². The third-order valence-electron chi connectivity index (χ3n) is 4.34. The second-order valence-electron chi connectivity index (χ2n) is 6.38. The predicted octanol–water partition coefficient (Wildman–Crippen LogP) is 1.33. The van der Waals surface area contributed by atoms with E-state index in [0.717, 1.165) is 49.6 Å². The highest BCUT2D eigenvalue weighted by Gasteiger charge is 2.19. The highest BCUT2D eigenvalue weighted by atomic mass is 16.5. The van der Waals surface area contributed by atoms with E-state index in [2.05, 4.69) is 10.1 Å². The lowest BCUT2D eigenvalue weighted by molar-refractivity contribution is -0.117. The first-order chi connectivity index (χ1) is 12.1. The van der Waals surface area contributed by atoms with Crippen LogP contribution in [0.3, 0.4) is 0 Å². The van der Waals surface area contributed by atoms with Crippen molar-refractivity contribution in [3.8, 4) is 5.75 Å². The van der Waals surface area contributed by atoms with Crippen LogP contribution in [0.2, 0.25) is 0 Å². The zero-order valence-corrected chi connectivity index (χ0v) is 14.5. The van der Waals surface area contributed by atoms with Crippen LogP contribution in [0, 0.1) is 5.92 Å². The van der Waals surface area contributed by atoms with Gasteiger partial charge in [-0.25, -0.2) is 9.67 Å². The van der Waals surface area contributed by atoms with Crippen molar-refractivity contribution in [2.24, 2.45) is 11.7 Å². The Bertz CT molecular complexity index is 706. The summed E-state index contributed by atoms with van der Waals surface area (Å²) in [6, 6.07) is 7.85. The Morgan fingerprint density at radius 3 is 2.84 bits per heavy atom. The molecule has 3 rings (SSSR count). The molecular weight excluding hydrogens is 320 g/mol. The number of aromatic nitrogens is 3. The van der Waals surface area contributed by atoms with Gasteiger partial charge in [0.2, 0.25) is 5.91 Å². The molecule has 0 spiro atoms. The van der Waals surface area contributed by atoms with Gasteiger partial charge in [-0.1, -0.05) is 12.1 Å². The number of nitrogens with zero attached hydrogens (tertiary/aromatic N) is 3. The standard InChI is InChI=1S/C18H24N4O3/c1-24-15-6-4-13(5-7-15)11-22-18(9-14-3-2-8-25-12-14)20-17(21-22)10-16(19)23/h4-7,14H,2-3,8-12H2,1H3,(H2,19,23). The number of benzene rings is 1. The van der Waals surface area contributed by atoms with Gasteiger partial charge in [0, 0.05) is 19.6 Å². The van der Waals surface area contributed by atoms with Crippen molar-refractivity contribution in [3.63, 3.8) is 0 Å². The number of amides is 1. The van der Waals surface area contributed by atoms with Crippen LogP contribution in [-0.2, 0) is 28.9 Å². The van der Waals surface area contributed by atoms with Crippen LogP contribution in [0.25, 0.3) is 0 Å². The second kappa shape index (κ2) is 8.11. The smallest absolute Gasteiger partial charge is 0.225 e. The quantitative estimate of drug-likeness (QED) is 0.818. The molecule has 1 fully saturated rings. The highest BCUT2D eigenvalue weighted by Crippen LogP contribution is 2.19. The predicted molar refractivity (Wildman–Crippen MR) is 92.3 cm³/mol. The van der Waals surface area contributed by atoms with E-state index >= 15 is 0 Å². The average molecular weight is 344 g/mol. The van der Waals surface area contributed by atoms with Crippen molar-refractivity contribution in [3.05, 3.63) is 41.5 Å². The van der Waals surface area contributed by atoms with Crippen LogP contribution >= 0.6 is 0 Å². The average Bonchev–Trinajstić information content (AvgIpc) is 2.96. The summed E-state index contributed by atoms with van der Waals surface area (Å²) >= 11 is 0. The summed E-state index contributed by atoms with van der Waals surface area (Å²) in [6.07, 6.45) is 3.05. The topological polar surface area (TPSA) is 92.3 Å². The molecule has 0 aliphatic carbocycles. The number of carbonyl (C=O) groups is 1. The largest absolute Gasteiger partial charge is 0.497 e. The van der Waals surface area contributed by atoms with E-state index in [9.17, 15) is 4.79 Å². The number of nitrogens with two attached hydrogens (primary N) is 1. The van der Waals surface area contributed by atoms with Crippen molar-refractivity contribution >= 4 is 5.91 Å². The minimum absolute atomic E-state index is 0.0593. The normalized spacial score (nSPS) is 17.4. The van der Waals surface area contributed by atoms with Crippen LogP contribution in [0.4, 0.5) is 0 Å². The maximum absolute atomic E-state index is 11.2. The first-order valence-electron chi connectivity index (χ1n) is 8.55. The maximum Gasteiger partial charge on any atom is 0.225 e. The van der Waals surface area contributed by atoms with E-state index in [1.54, 1.807) is 7.11 Å². The number of rotatable bonds is 7. The van der Waals surface area contributed by atoms with Crippen molar-refractivity contribution in [2.75, 3.05) is 20.3 Å². The molecule has 1 aromatic heterocycles. The Balaban J connectivity index is 1.78. The number of methoxy groups -OCH3 is 1. The minimum atomic E-state index is -0.422. The van der Waals surface area contributed by atoms with Gasteiger partial charge >= 0.3 is 0 Å². The van der Waals surface area contributed by atoms with Gasteiger partial charge < -0.3 is 15.2 Å². The molecule has 1 atom stereocenters. The first-order valence-corrected chi connectivity index (χ1v) is 8.55. The lowest BCUT2D eigenvalue weighted by atomic mass is 9.98. The second-order valence-corrected chi connectivity index (χ2v) is 6.38. The number of hydrogen-bond donors (Lipinski definition) is 1. The van der Waals surface area contributed by atoms with Gasteiger partial charge in [0.1, 0.15) is 11.6 Å². The molecule has 2 N–H and O–H groups in total. The Labute approximate surface area is 147 Å². The van der Waals surface area contributed by atoms with Gasteiger partial charge in [-0.05, 0) is 36.5 Å². The fourth-order valence-corrected chi connectivity index (χ4v) is 3.06. The zero-order chi connectivity index (χ0) is 17.6. The lowest BCUT2D eigenvalue weighted by Gasteiger charge is -2.21. The molecule has 1 amide bonds. The fraction of sp³-hybridized carbons (Fsp3) is 0.500. The van der Waals surface area contributed by atoms with Crippen molar-refractivity contribution in [2.45, 2.75) is 32.2 Å². The molecule has 2 aromatic rings. The Hall–Kier alpha value is -2.41. The van der Waals surface area contributed by atoms with E-state index in [4.69, 9.17) is 15.2 Å². The number of carbonyl (C=O) groups excluding carboxylic acids is 1. The number of ether oxygens (including phenoxy) is 2. The molecule has 25 heavy (non-hydrogen) atoms. The summed E-state index contributed by atoms with van der Waals surface area (Å²) in [5.41, 5.74) is 6.39. The van der Waals surface area contributed by atoms with Crippen molar-refractivity contribution < 1.29 is 14.3 Å². The van der Waals surface area contributed by atoms with Gasteiger partial charge in [-0.2, -0.15) is 5.10 Å². The summed E-state index contributed by atoms with van der Waals surface area (Å²) in [5, 5.41) is 4.49. The van der Waals surface area contributed by atoms with Crippen LogP contribution in [-0.4, -0.2) is 41.0 Å². The molecule has 1 saturated heterocycles. The molecule has 2 heterocycles. The molecule has 0 bridgehead atoms. The zero-order valence-electron chi connectivity index (χ0n) is 14.5. The molecule has 0 saturated carbocycles. The van der Waals surface area contributed by atoms with E-state index in [-0.39, 0.29) is 6.42 Å². The third-order valence-corrected chi connectivity index (χ3v) is 4.34. The van der Waals surface area contributed by atoms with Crippen molar-refractivity contribution in [1.29, 1.82) is 0 Å².